The molecule has 0 bridgehead atoms. The molecule has 0 saturated heterocycles. The molecular formula is C12H15Cl2NO5S. The third kappa shape index (κ3) is 5.44. The Hall–Kier alpha value is -0.860. The van der Waals surface area contributed by atoms with Gasteiger partial charge in [-0.15, -0.1) is 0 Å². The van der Waals surface area contributed by atoms with Crippen LogP contribution < -0.4 is 5.14 Å². The normalized spacial score (nSPS) is 11.7. The molecule has 2 N–H and O–H groups in total. The predicted octanol–water partition coefficient (Wildman–Crippen LogP) is 2.22. The summed E-state index contributed by atoms with van der Waals surface area (Å²) in [6, 6.07) is 2.09. The summed E-state index contributed by atoms with van der Waals surface area (Å²) in [6.45, 7) is 3.90. The van der Waals surface area contributed by atoms with Gasteiger partial charge in [0.05, 0.1) is 33.2 Å². The van der Waals surface area contributed by atoms with E-state index in [-0.39, 0.29) is 39.8 Å². The molecule has 0 heterocycles. The summed E-state index contributed by atoms with van der Waals surface area (Å²) in [5.41, 5.74) is -0.169. The summed E-state index contributed by atoms with van der Waals surface area (Å²) < 4.78 is 32.8. The number of hydrogen-bond acceptors (Lipinski definition) is 5. The molecule has 0 spiro atoms. The topological polar surface area (TPSA) is 95.7 Å². The fraction of sp³-hybridized carbons (Fsp3) is 0.417. The lowest BCUT2D eigenvalue weighted by atomic mass is 10.2. The molecule has 0 amide bonds. The van der Waals surface area contributed by atoms with E-state index in [9.17, 15) is 13.2 Å². The highest BCUT2D eigenvalue weighted by molar-refractivity contribution is 7.89. The van der Waals surface area contributed by atoms with E-state index < -0.39 is 16.0 Å². The van der Waals surface area contributed by atoms with Gasteiger partial charge < -0.3 is 9.47 Å². The van der Waals surface area contributed by atoms with Gasteiger partial charge in [-0.3, -0.25) is 0 Å². The average molecular weight is 356 g/mol. The lowest BCUT2D eigenvalue weighted by molar-refractivity contribution is 0.0177. The quantitative estimate of drug-likeness (QED) is 0.623. The molecule has 0 radical (unpaired) electrons. The second kappa shape index (κ2) is 7.42. The zero-order valence-electron chi connectivity index (χ0n) is 11.4. The van der Waals surface area contributed by atoms with E-state index in [0.717, 1.165) is 12.1 Å². The van der Waals surface area contributed by atoms with Gasteiger partial charge in [0.2, 0.25) is 10.0 Å². The number of hydrogen-bond donors (Lipinski definition) is 1. The van der Waals surface area contributed by atoms with Crippen molar-refractivity contribution >= 4 is 39.2 Å². The zero-order chi connectivity index (χ0) is 16.2. The Labute approximate surface area is 133 Å². The Morgan fingerprint density at radius 1 is 1.29 bits per heavy atom. The highest BCUT2D eigenvalue weighted by atomic mass is 35.5. The number of benzene rings is 1. The molecular weight excluding hydrogens is 341 g/mol. The van der Waals surface area contributed by atoms with E-state index in [1.165, 1.54) is 0 Å². The summed E-state index contributed by atoms with van der Waals surface area (Å²) in [4.78, 5) is 11.6. The van der Waals surface area contributed by atoms with Crippen molar-refractivity contribution in [3.05, 3.63) is 27.7 Å². The number of carbonyl (C=O) groups is 1. The number of primary sulfonamides is 1. The minimum atomic E-state index is -4.01. The van der Waals surface area contributed by atoms with Gasteiger partial charge in [-0.1, -0.05) is 23.2 Å². The van der Waals surface area contributed by atoms with Crippen molar-refractivity contribution in [1.29, 1.82) is 0 Å². The fourth-order valence-electron chi connectivity index (χ4n) is 1.37. The van der Waals surface area contributed by atoms with Crippen molar-refractivity contribution in [2.24, 2.45) is 5.14 Å². The van der Waals surface area contributed by atoms with E-state index in [1.54, 1.807) is 0 Å². The van der Waals surface area contributed by atoms with Gasteiger partial charge in [0.15, 0.2) is 0 Å². The molecule has 0 fully saturated rings. The average Bonchev–Trinajstić information content (AvgIpc) is 2.35. The molecule has 1 aromatic rings. The largest absolute Gasteiger partial charge is 0.460 e. The third-order valence-electron chi connectivity index (χ3n) is 2.32. The number of nitrogens with two attached hydrogens (primary N) is 1. The van der Waals surface area contributed by atoms with Crippen LogP contribution in [-0.2, 0) is 19.5 Å². The van der Waals surface area contributed by atoms with Gasteiger partial charge in [0, 0.05) is 0 Å². The van der Waals surface area contributed by atoms with Crippen LogP contribution in [0.5, 0.6) is 0 Å². The highest BCUT2D eigenvalue weighted by Crippen LogP contribution is 2.29. The number of carbonyl (C=O) groups excluding carboxylic acids is 1. The van der Waals surface area contributed by atoms with Crippen molar-refractivity contribution in [2.45, 2.75) is 24.8 Å². The van der Waals surface area contributed by atoms with E-state index >= 15 is 0 Å². The van der Waals surface area contributed by atoms with E-state index in [2.05, 4.69) is 0 Å². The predicted molar refractivity (Wildman–Crippen MR) is 79.2 cm³/mol. The molecule has 1 rings (SSSR count). The number of halogens is 2. The maximum Gasteiger partial charge on any atom is 0.339 e. The van der Waals surface area contributed by atoms with Crippen LogP contribution in [0.4, 0.5) is 0 Å². The Kier molecular flexibility index (Phi) is 6.42. The molecule has 0 unspecified atom stereocenters. The lowest BCUT2D eigenvalue weighted by Crippen LogP contribution is -2.16. The molecule has 1 aromatic carbocycles. The molecule has 0 saturated carbocycles. The van der Waals surface area contributed by atoms with Crippen LogP contribution in [0.3, 0.4) is 0 Å². The first-order valence-electron chi connectivity index (χ1n) is 5.93. The van der Waals surface area contributed by atoms with Crippen LogP contribution >= 0.6 is 23.2 Å². The summed E-state index contributed by atoms with van der Waals surface area (Å²) >= 11 is 11.7. The monoisotopic (exact) mass is 355 g/mol. The SMILES string of the molecule is CC(C)OCCOC(=O)c1cc(S(N)(=O)=O)cc(Cl)c1Cl. The van der Waals surface area contributed by atoms with Crippen LogP contribution in [0.1, 0.15) is 24.2 Å². The highest BCUT2D eigenvalue weighted by Gasteiger charge is 2.20. The number of sulfonamides is 1. The molecule has 21 heavy (non-hydrogen) atoms. The van der Waals surface area contributed by atoms with Crippen LogP contribution in [0, 0.1) is 0 Å². The van der Waals surface area contributed by atoms with E-state index in [4.69, 9.17) is 37.8 Å². The van der Waals surface area contributed by atoms with Crippen molar-refractivity contribution in [3.8, 4) is 0 Å². The first-order valence-corrected chi connectivity index (χ1v) is 8.23. The van der Waals surface area contributed by atoms with Crippen LogP contribution in [0.15, 0.2) is 17.0 Å². The summed E-state index contributed by atoms with van der Waals surface area (Å²) in [7, 11) is -4.01. The Morgan fingerprint density at radius 2 is 1.90 bits per heavy atom. The molecule has 0 aliphatic rings. The second-order valence-electron chi connectivity index (χ2n) is 4.37. The van der Waals surface area contributed by atoms with E-state index in [1.807, 2.05) is 13.8 Å². The van der Waals surface area contributed by atoms with E-state index in [0.29, 0.717) is 0 Å². The van der Waals surface area contributed by atoms with Gasteiger partial charge >= 0.3 is 5.97 Å². The summed E-state index contributed by atoms with van der Waals surface area (Å²) in [5.74, 6) is -0.806. The Bertz CT molecular complexity index is 631. The van der Waals surface area contributed by atoms with Crippen LogP contribution in [-0.4, -0.2) is 33.7 Å². The van der Waals surface area contributed by atoms with Crippen molar-refractivity contribution < 1.29 is 22.7 Å². The molecule has 0 atom stereocenters. The van der Waals surface area contributed by atoms with Gasteiger partial charge in [-0.25, -0.2) is 18.4 Å². The van der Waals surface area contributed by atoms with Crippen molar-refractivity contribution in [2.75, 3.05) is 13.2 Å². The summed E-state index contributed by atoms with van der Waals surface area (Å²) in [6.07, 6.45) is 0.00689. The van der Waals surface area contributed by atoms with Gasteiger partial charge in [-0.2, -0.15) is 0 Å². The fourth-order valence-corrected chi connectivity index (χ4v) is 2.41. The lowest BCUT2D eigenvalue weighted by Gasteiger charge is -2.10. The Balaban J connectivity index is 2.91. The summed E-state index contributed by atoms with van der Waals surface area (Å²) in [5, 5.41) is 4.80. The minimum Gasteiger partial charge on any atom is -0.460 e. The van der Waals surface area contributed by atoms with Crippen LogP contribution in [0.2, 0.25) is 10.0 Å². The molecule has 118 valence electrons. The second-order valence-corrected chi connectivity index (χ2v) is 6.71. The first kappa shape index (κ1) is 18.2. The zero-order valence-corrected chi connectivity index (χ0v) is 13.8. The molecule has 0 aliphatic carbocycles. The maximum absolute atomic E-state index is 11.9. The number of esters is 1. The third-order valence-corrected chi connectivity index (χ3v) is 4.01. The maximum atomic E-state index is 11.9. The minimum absolute atomic E-state index is 0.00453. The standard InChI is InChI=1S/C12H15Cl2NO5S/c1-7(2)19-3-4-20-12(16)9-5-8(21(15,17)18)6-10(13)11(9)14/h5-7H,3-4H2,1-2H3,(H2,15,17,18). The van der Waals surface area contributed by atoms with Gasteiger partial charge in [0.1, 0.15) is 6.61 Å². The first-order chi connectivity index (χ1) is 9.62. The number of ether oxygens (including phenoxy) is 2. The molecule has 0 aliphatic heterocycles. The number of rotatable bonds is 6. The van der Waals surface area contributed by atoms with Gasteiger partial charge in [0.25, 0.3) is 0 Å². The van der Waals surface area contributed by atoms with Crippen molar-refractivity contribution in [1.82, 2.24) is 0 Å². The van der Waals surface area contributed by atoms with Gasteiger partial charge in [-0.05, 0) is 26.0 Å². The van der Waals surface area contributed by atoms with Crippen molar-refractivity contribution in [3.63, 3.8) is 0 Å². The molecule has 6 nitrogen and oxygen atoms in total. The smallest absolute Gasteiger partial charge is 0.339 e. The Morgan fingerprint density at radius 3 is 2.43 bits per heavy atom. The van der Waals surface area contributed by atoms with Crippen LogP contribution in [0.25, 0.3) is 0 Å². The molecule has 0 aromatic heterocycles. The molecule has 9 heteroatoms.